The summed E-state index contributed by atoms with van der Waals surface area (Å²) < 4.78 is 0. The summed E-state index contributed by atoms with van der Waals surface area (Å²) in [5.41, 5.74) is 4.29. The van der Waals surface area contributed by atoms with E-state index in [4.69, 9.17) is 0 Å². The van der Waals surface area contributed by atoms with Crippen LogP contribution < -0.4 is 0 Å². The second kappa shape index (κ2) is 3.56. The Kier molecular flexibility index (Phi) is 2.34. The van der Waals surface area contributed by atoms with E-state index in [-0.39, 0.29) is 5.69 Å². The largest absolute Gasteiger partial charge is 0.288 e. The van der Waals surface area contributed by atoms with E-state index in [0.29, 0.717) is 0 Å². The molecular weight excluding hydrogens is 204 g/mol. The lowest BCUT2D eigenvalue weighted by atomic mass is 10.00. The van der Waals surface area contributed by atoms with Gasteiger partial charge < -0.3 is 0 Å². The van der Waals surface area contributed by atoms with Gasteiger partial charge in [-0.05, 0) is 43.5 Å². The van der Waals surface area contributed by atoms with Gasteiger partial charge in [-0.15, -0.1) is 0 Å². The van der Waals surface area contributed by atoms with Crippen LogP contribution in [0.1, 0.15) is 16.7 Å². The van der Waals surface area contributed by atoms with Crippen molar-refractivity contribution in [3.8, 4) is 0 Å². The summed E-state index contributed by atoms with van der Waals surface area (Å²) in [4.78, 5) is 14.4. The van der Waals surface area contributed by atoms with Crippen molar-refractivity contribution < 1.29 is 4.92 Å². The first-order valence-electron chi connectivity index (χ1n) is 5.01. The number of nitrogens with zero attached hydrogens (tertiary/aromatic N) is 2. The van der Waals surface area contributed by atoms with E-state index in [1.807, 2.05) is 26.8 Å². The number of fused-ring (bicyclic) bond motifs is 1. The molecule has 2 rings (SSSR count). The molecule has 0 atom stereocenters. The minimum Gasteiger partial charge on any atom is -0.258 e. The number of benzene rings is 1. The fourth-order valence-electron chi connectivity index (χ4n) is 1.81. The number of rotatable bonds is 1. The van der Waals surface area contributed by atoms with Crippen LogP contribution in [0.4, 0.5) is 5.69 Å². The first-order valence-corrected chi connectivity index (χ1v) is 5.01. The molecule has 0 aliphatic rings. The van der Waals surface area contributed by atoms with Crippen LogP contribution in [0, 0.1) is 30.9 Å². The summed E-state index contributed by atoms with van der Waals surface area (Å²) >= 11 is 0. The van der Waals surface area contributed by atoms with Crippen LogP contribution >= 0.6 is 0 Å². The molecular formula is C12H12N2O2. The molecule has 16 heavy (non-hydrogen) atoms. The monoisotopic (exact) mass is 216 g/mol. The molecule has 4 heteroatoms. The van der Waals surface area contributed by atoms with E-state index >= 15 is 0 Å². The van der Waals surface area contributed by atoms with Gasteiger partial charge in [0, 0.05) is 11.5 Å². The topological polar surface area (TPSA) is 56.0 Å². The van der Waals surface area contributed by atoms with Crippen LogP contribution in [0.25, 0.3) is 10.9 Å². The molecule has 82 valence electrons. The van der Waals surface area contributed by atoms with Crippen molar-refractivity contribution in [3.63, 3.8) is 0 Å². The molecule has 0 N–H and O–H groups in total. The second-order valence-corrected chi connectivity index (χ2v) is 3.97. The molecule has 1 aromatic heterocycles. The Bertz CT molecular complexity index is 591. The van der Waals surface area contributed by atoms with Gasteiger partial charge in [0.2, 0.25) is 0 Å². The van der Waals surface area contributed by atoms with Crippen molar-refractivity contribution in [2.45, 2.75) is 20.8 Å². The SMILES string of the molecule is Cc1cc2cc([N+](=O)[O-])cnc2c(C)c1C. The van der Waals surface area contributed by atoms with Gasteiger partial charge in [-0.2, -0.15) is 0 Å². The van der Waals surface area contributed by atoms with Crippen molar-refractivity contribution in [2.24, 2.45) is 0 Å². The minimum absolute atomic E-state index is 0.0372. The van der Waals surface area contributed by atoms with Crippen LogP contribution in [-0.4, -0.2) is 9.91 Å². The first kappa shape index (κ1) is 10.5. The van der Waals surface area contributed by atoms with Crippen LogP contribution in [0.3, 0.4) is 0 Å². The van der Waals surface area contributed by atoms with Crippen molar-refractivity contribution in [1.29, 1.82) is 0 Å². The summed E-state index contributed by atoms with van der Waals surface area (Å²) in [6.07, 6.45) is 1.31. The molecule has 0 fully saturated rings. The molecule has 0 spiro atoms. The highest BCUT2D eigenvalue weighted by Gasteiger charge is 2.10. The van der Waals surface area contributed by atoms with E-state index in [2.05, 4.69) is 4.98 Å². The third kappa shape index (κ3) is 1.52. The van der Waals surface area contributed by atoms with E-state index in [1.54, 1.807) is 6.07 Å². The number of pyridine rings is 1. The number of aromatic nitrogens is 1. The molecule has 2 aromatic rings. The van der Waals surface area contributed by atoms with Crippen LogP contribution in [0.2, 0.25) is 0 Å². The van der Waals surface area contributed by atoms with Crippen molar-refractivity contribution in [3.05, 3.63) is 45.1 Å². The highest BCUT2D eigenvalue weighted by atomic mass is 16.6. The third-order valence-corrected chi connectivity index (χ3v) is 2.99. The maximum atomic E-state index is 10.6. The molecule has 1 heterocycles. The van der Waals surface area contributed by atoms with E-state index in [0.717, 1.165) is 22.0 Å². The summed E-state index contributed by atoms with van der Waals surface area (Å²) in [6, 6.07) is 3.51. The molecule has 0 saturated heterocycles. The Morgan fingerprint density at radius 2 is 1.88 bits per heavy atom. The normalized spacial score (nSPS) is 10.7. The molecule has 0 radical (unpaired) electrons. The molecule has 0 saturated carbocycles. The second-order valence-electron chi connectivity index (χ2n) is 3.97. The predicted molar refractivity (Wildman–Crippen MR) is 62.6 cm³/mol. The van der Waals surface area contributed by atoms with Crippen molar-refractivity contribution in [2.75, 3.05) is 0 Å². The Morgan fingerprint density at radius 1 is 1.19 bits per heavy atom. The van der Waals surface area contributed by atoms with Gasteiger partial charge in [0.05, 0.1) is 10.4 Å². The van der Waals surface area contributed by atoms with Crippen LogP contribution in [0.5, 0.6) is 0 Å². The molecule has 0 bridgehead atoms. The maximum absolute atomic E-state index is 10.6. The van der Waals surface area contributed by atoms with E-state index < -0.39 is 4.92 Å². The fraction of sp³-hybridized carbons (Fsp3) is 0.250. The zero-order chi connectivity index (χ0) is 11.9. The van der Waals surface area contributed by atoms with Crippen molar-refractivity contribution >= 4 is 16.6 Å². The van der Waals surface area contributed by atoms with Gasteiger partial charge in [-0.25, -0.2) is 4.98 Å². The summed E-state index contributed by atoms with van der Waals surface area (Å²) in [7, 11) is 0. The maximum Gasteiger partial charge on any atom is 0.288 e. The van der Waals surface area contributed by atoms with Crippen LogP contribution in [0.15, 0.2) is 18.3 Å². The van der Waals surface area contributed by atoms with Gasteiger partial charge in [0.1, 0.15) is 6.20 Å². The van der Waals surface area contributed by atoms with Crippen LogP contribution in [-0.2, 0) is 0 Å². The minimum atomic E-state index is -0.420. The van der Waals surface area contributed by atoms with Gasteiger partial charge in [-0.1, -0.05) is 0 Å². The standard InChI is InChI=1S/C12H12N2O2/c1-7-4-10-5-11(14(15)16)6-13-12(10)9(3)8(7)2/h4-6H,1-3H3. The number of hydrogen-bond donors (Lipinski definition) is 0. The molecule has 0 unspecified atom stereocenters. The van der Waals surface area contributed by atoms with Gasteiger partial charge in [0.25, 0.3) is 5.69 Å². The predicted octanol–water partition coefficient (Wildman–Crippen LogP) is 3.07. The first-order chi connectivity index (χ1) is 7.50. The lowest BCUT2D eigenvalue weighted by Gasteiger charge is -2.08. The Labute approximate surface area is 93.1 Å². The van der Waals surface area contributed by atoms with E-state index in [9.17, 15) is 10.1 Å². The lowest BCUT2D eigenvalue weighted by Crippen LogP contribution is -1.94. The highest BCUT2D eigenvalue weighted by molar-refractivity contribution is 5.85. The Hall–Kier alpha value is -1.97. The average molecular weight is 216 g/mol. The smallest absolute Gasteiger partial charge is 0.258 e. The highest BCUT2D eigenvalue weighted by Crippen LogP contribution is 2.25. The van der Waals surface area contributed by atoms with Gasteiger partial charge >= 0.3 is 0 Å². The Balaban J connectivity index is 2.81. The molecule has 0 amide bonds. The van der Waals surface area contributed by atoms with Gasteiger partial charge in [-0.3, -0.25) is 10.1 Å². The lowest BCUT2D eigenvalue weighted by molar-refractivity contribution is -0.385. The average Bonchev–Trinajstić information content (AvgIpc) is 2.25. The summed E-state index contributed by atoms with van der Waals surface area (Å²) in [5, 5.41) is 11.5. The van der Waals surface area contributed by atoms with E-state index in [1.165, 1.54) is 11.8 Å². The molecule has 1 aromatic carbocycles. The third-order valence-electron chi connectivity index (χ3n) is 2.99. The zero-order valence-corrected chi connectivity index (χ0v) is 9.44. The quantitative estimate of drug-likeness (QED) is 0.543. The number of aryl methyl sites for hydroxylation is 2. The van der Waals surface area contributed by atoms with Crippen molar-refractivity contribution in [1.82, 2.24) is 4.98 Å². The molecule has 0 aliphatic carbocycles. The molecule has 4 nitrogen and oxygen atoms in total. The summed E-state index contributed by atoms with van der Waals surface area (Å²) in [5.74, 6) is 0. The molecule has 0 aliphatic heterocycles. The van der Waals surface area contributed by atoms with Gasteiger partial charge in [0.15, 0.2) is 0 Å². The fourth-order valence-corrected chi connectivity index (χ4v) is 1.81. The zero-order valence-electron chi connectivity index (χ0n) is 9.44. The number of nitro groups is 1. The Morgan fingerprint density at radius 3 is 2.50 bits per heavy atom. The summed E-state index contributed by atoms with van der Waals surface area (Å²) in [6.45, 7) is 6.03. The number of hydrogen-bond acceptors (Lipinski definition) is 3.